The van der Waals surface area contributed by atoms with Gasteiger partial charge in [-0.15, -0.1) is 0 Å². The molecule has 0 aliphatic heterocycles. The van der Waals surface area contributed by atoms with Gasteiger partial charge in [0.15, 0.2) is 0 Å². The van der Waals surface area contributed by atoms with E-state index < -0.39 is 70.1 Å². The highest BCUT2D eigenvalue weighted by molar-refractivity contribution is 5.77. The number of aryl methyl sites for hydroxylation is 2. The average Bonchev–Trinajstić information content (AvgIpc) is 3.23. The van der Waals surface area contributed by atoms with Crippen LogP contribution in [0.1, 0.15) is 63.0 Å². The van der Waals surface area contributed by atoms with E-state index in [0.29, 0.717) is 0 Å². The van der Waals surface area contributed by atoms with Crippen molar-refractivity contribution in [3.63, 3.8) is 0 Å². The summed E-state index contributed by atoms with van der Waals surface area (Å²) >= 11 is 0. The summed E-state index contributed by atoms with van der Waals surface area (Å²) in [5.74, 6) is -7.90. The maximum absolute atomic E-state index is 12.1. The van der Waals surface area contributed by atoms with Crippen molar-refractivity contribution in [1.29, 1.82) is 0 Å². The van der Waals surface area contributed by atoms with E-state index in [2.05, 4.69) is 4.98 Å². The van der Waals surface area contributed by atoms with Crippen molar-refractivity contribution in [2.45, 2.75) is 58.8 Å². The molecule has 1 unspecified atom stereocenters. The van der Waals surface area contributed by atoms with Gasteiger partial charge in [0.2, 0.25) is 0 Å². The normalized spacial score (nSPS) is 24.1. The molecular weight excluding hydrogens is 358 g/mol. The lowest BCUT2D eigenvalue weighted by atomic mass is 10.0. The van der Waals surface area contributed by atoms with Gasteiger partial charge in [0.05, 0.1) is 6.33 Å². The number of carboxylic acids is 2. The number of carbonyl (C=O) groups is 2. The highest BCUT2D eigenvalue weighted by atomic mass is 16.4. The van der Waals surface area contributed by atoms with Crippen molar-refractivity contribution in [3.8, 4) is 0 Å². The number of hydrogen-bond acceptors (Lipinski definition) is 4. The molecular formula is C21H29N3O4. The highest BCUT2D eigenvalue weighted by Crippen LogP contribution is 2.14. The van der Waals surface area contributed by atoms with Crippen LogP contribution in [0, 0.1) is 19.6 Å². The Kier molecular flexibility index (Phi) is 2.98. The van der Waals surface area contributed by atoms with Crippen molar-refractivity contribution in [1.82, 2.24) is 14.9 Å². The number of benzene rings is 1. The van der Waals surface area contributed by atoms with Crippen LogP contribution < -0.4 is 5.32 Å². The van der Waals surface area contributed by atoms with E-state index in [0.717, 1.165) is 12.3 Å². The van der Waals surface area contributed by atoms with Crippen molar-refractivity contribution in [2.24, 2.45) is 5.89 Å². The Balaban J connectivity index is 2.51. The van der Waals surface area contributed by atoms with Crippen LogP contribution in [-0.4, -0.2) is 43.8 Å². The third-order valence-corrected chi connectivity index (χ3v) is 3.76. The molecule has 1 heterocycles. The largest absolute Gasteiger partial charge is 0.480 e. The quantitative estimate of drug-likeness (QED) is 0.564. The predicted octanol–water partition coefficient (Wildman–Crippen LogP) is 2.63. The smallest absolute Gasteiger partial charge is 0.321 e. The molecule has 0 aliphatic carbocycles. The van der Waals surface area contributed by atoms with Crippen LogP contribution in [0.5, 0.6) is 0 Å². The van der Waals surface area contributed by atoms with Crippen LogP contribution >= 0.6 is 0 Å². The first kappa shape index (κ1) is 8.78. The summed E-state index contributed by atoms with van der Waals surface area (Å²) in [7, 11) is 0. The summed E-state index contributed by atoms with van der Waals surface area (Å²) in [6.07, 6.45) is -2.17. The molecule has 0 amide bonds. The van der Waals surface area contributed by atoms with Gasteiger partial charge in [-0.1, -0.05) is 43.0 Å². The van der Waals surface area contributed by atoms with Gasteiger partial charge in [0, 0.05) is 45.4 Å². The van der Waals surface area contributed by atoms with Gasteiger partial charge in [0.1, 0.15) is 12.1 Å². The molecule has 152 valence electrons. The number of rotatable bonds is 10. The van der Waals surface area contributed by atoms with E-state index in [9.17, 15) is 19.8 Å². The summed E-state index contributed by atoms with van der Waals surface area (Å²) in [5, 5.41) is 21.5. The van der Waals surface area contributed by atoms with E-state index in [1.807, 2.05) is 5.32 Å². The lowest BCUT2D eigenvalue weighted by Gasteiger charge is -2.22. The molecule has 2 rings (SSSR count). The molecule has 1 aromatic heterocycles. The fourth-order valence-electron chi connectivity index (χ4n) is 2.59. The fourth-order valence-corrected chi connectivity index (χ4v) is 2.59. The molecule has 28 heavy (non-hydrogen) atoms. The standard InChI is InChI=1S/C21H29N3O4/c1-13(2)5-18(20(25)26)23-19(21(27)28)9-17-10-22-12-24(17)11-16-7-14(3)6-15(4)8-16/h6-8,10,12-13,18-19,23H,5,9,11H2,1-4H3,(H,25,26)(H,27,28)/t18?,19-/m0/s1/i1D3,2D3,3D3,4D3,5D2,13D. The average molecular weight is 403 g/mol. The second kappa shape index (κ2) is 9.50. The van der Waals surface area contributed by atoms with Gasteiger partial charge in [0.25, 0.3) is 0 Å². The van der Waals surface area contributed by atoms with Crippen LogP contribution in [0.2, 0.25) is 0 Å². The summed E-state index contributed by atoms with van der Waals surface area (Å²) in [6, 6.07) is -1.32. The van der Waals surface area contributed by atoms with Gasteiger partial charge in [-0.25, -0.2) is 4.98 Å². The van der Waals surface area contributed by atoms with Crippen LogP contribution in [0.15, 0.2) is 30.7 Å². The Bertz CT molecular complexity index is 1280. The van der Waals surface area contributed by atoms with Gasteiger partial charge in [-0.3, -0.25) is 14.9 Å². The van der Waals surface area contributed by atoms with Crippen molar-refractivity contribution < 1.29 is 40.4 Å². The number of imidazole rings is 1. The van der Waals surface area contributed by atoms with E-state index >= 15 is 0 Å². The second-order valence-corrected chi connectivity index (χ2v) is 5.98. The van der Waals surface area contributed by atoms with Crippen molar-refractivity contribution in [2.75, 3.05) is 0 Å². The highest BCUT2D eigenvalue weighted by Gasteiger charge is 2.27. The maximum Gasteiger partial charge on any atom is 0.321 e. The maximum atomic E-state index is 12.1. The van der Waals surface area contributed by atoms with Gasteiger partial charge < -0.3 is 14.8 Å². The number of carboxylic acid groups (broad SMARTS) is 2. The summed E-state index contributed by atoms with van der Waals surface area (Å²) in [6.45, 7) is -13.3. The first-order chi connectivity index (χ1) is 19.1. The molecule has 7 heteroatoms. The summed E-state index contributed by atoms with van der Waals surface area (Å²) in [5.41, 5.74) is -0.287. The summed E-state index contributed by atoms with van der Waals surface area (Å²) < 4.78 is 117. The first-order valence-corrected chi connectivity index (χ1v) is 8.00. The molecule has 0 saturated carbocycles. The minimum atomic E-state index is -4.00. The Morgan fingerprint density at radius 1 is 1.21 bits per heavy atom. The van der Waals surface area contributed by atoms with Crippen LogP contribution in [-0.2, 0) is 22.6 Å². The molecule has 0 radical (unpaired) electrons. The molecule has 0 fully saturated rings. The Morgan fingerprint density at radius 2 is 1.89 bits per heavy atom. The van der Waals surface area contributed by atoms with Gasteiger partial charge in [-0.05, 0) is 31.5 Å². The first-order valence-electron chi connectivity index (χ1n) is 15.5. The molecule has 3 N–H and O–H groups in total. The third-order valence-electron chi connectivity index (χ3n) is 3.76. The lowest BCUT2D eigenvalue weighted by Crippen LogP contribution is -2.49. The molecule has 0 spiro atoms. The SMILES string of the molecule is [2H]C([2H])([2H])c1cc(Cn2cncc2C[C@H](NC(C(=O)O)C([2H])([2H])C([2H])(C([2H])([2H])[2H])C([2H])([2H])[2H])C(=O)O)cc(C([2H])([2H])[2H])c1. The molecule has 0 bridgehead atoms. The fraction of sp³-hybridized carbons (Fsp3) is 0.476. The Hall–Kier alpha value is -2.67. The summed E-state index contributed by atoms with van der Waals surface area (Å²) in [4.78, 5) is 28.1. The third kappa shape index (κ3) is 6.20. The van der Waals surface area contributed by atoms with Gasteiger partial charge in [-0.2, -0.15) is 0 Å². The Labute approximate surface area is 186 Å². The van der Waals surface area contributed by atoms with E-state index in [4.69, 9.17) is 20.6 Å². The van der Waals surface area contributed by atoms with Crippen molar-refractivity contribution in [3.05, 3.63) is 53.1 Å². The van der Waals surface area contributed by atoms with Crippen LogP contribution in [0.4, 0.5) is 0 Å². The monoisotopic (exact) mass is 402 g/mol. The molecule has 7 nitrogen and oxygen atoms in total. The number of nitrogens with one attached hydrogen (secondary N) is 1. The second-order valence-electron chi connectivity index (χ2n) is 5.98. The molecule has 2 aromatic rings. The zero-order valence-corrected chi connectivity index (χ0v) is 14.6. The van der Waals surface area contributed by atoms with E-state index in [1.54, 1.807) is 0 Å². The number of aromatic nitrogens is 2. The number of hydrogen-bond donors (Lipinski definition) is 3. The van der Waals surface area contributed by atoms with Gasteiger partial charge >= 0.3 is 11.9 Å². The van der Waals surface area contributed by atoms with E-state index in [1.165, 1.54) is 23.0 Å². The minimum absolute atomic E-state index is 0.0584. The van der Waals surface area contributed by atoms with Crippen LogP contribution in [0.3, 0.4) is 0 Å². The van der Waals surface area contributed by atoms with Crippen molar-refractivity contribution >= 4 is 11.9 Å². The minimum Gasteiger partial charge on any atom is -0.480 e. The zero-order chi connectivity index (χ0) is 33.6. The molecule has 1 aromatic carbocycles. The number of nitrogens with zero attached hydrogens (tertiary/aromatic N) is 2. The lowest BCUT2D eigenvalue weighted by molar-refractivity contribution is -0.142. The predicted molar refractivity (Wildman–Crippen MR) is 106 cm³/mol. The zero-order valence-electron chi connectivity index (χ0n) is 29.6. The molecule has 0 saturated heterocycles. The Morgan fingerprint density at radius 3 is 2.46 bits per heavy atom. The van der Waals surface area contributed by atoms with Crippen LogP contribution in [0.25, 0.3) is 0 Å². The topological polar surface area (TPSA) is 104 Å². The molecule has 2 atom stereocenters. The molecule has 0 aliphatic rings. The number of aliphatic carboxylic acids is 2. The van der Waals surface area contributed by atoms with E-state index in [-0.39, 0.29) is 28.9 Å².